The fourth-order valence-corrected chi connectivity index (χ4v) is 3.18. The number of aromatic nitrogens is 4. The summed E-state index contributed by atoms with van der Waals surface area (Å²) in [5.41, 5.74) is 2.02. The lowest BCUT2D eigenvalue weighted by molar-refractivity contribution is -0.118. The van der Waals surface area contributed by atoms with Crippen LogP contribution in [0.15, 0.2) is 48.5 Å². The van der Waals surface area contributed by atoms with Crippen LogP contribution >= 0.6 is 0 Å². The van der Waals surface area contributed by atoms with Gasteiger partial charge in [-0.1, -0.05) is 24.3 Å². The van der Waals surface area contributed by atoms with Gasteiger partial charge in [-0.15, -0.1) is 10.2 Å². The van der Waals surface area contributed by atoms with Crippen molar-refractivity contribution >= 4 is 29.1 Å². The Balaban J connectivity index is 1.41. The number of benzene rings is 2. The quantitative estimate of drug-likeness (QED) is 0.587. The van der Waals surface area contributed by atoms with Gasteiger partial charge in [-0.2, -0.15) is 4.80 Å². The maximum absolute atomic E-state index is 12.5. The van der Waals surface area contributed by atoms with E-state index in [4.69, 9.17) is 0 Å². The molecule has 0 fully saturated rings. The fraction of sp³-hybridized carbons (Fsp3) is 0.200. The Morgan fingerprint density at radius 1 is 1.10 bits per heavy atom. The van der Waals surface area contributed by atoms with E-state index >= 15 is 0 Å². The normalized spacial score (nSPS) is 15.6. The number of hydrogen-bond acceptors (Lipinski definition) is 6. The molecule has 0 radical (unpaired) electrons. The highest BCUT2D eigenvalue weighted by molar-refractivity contribution is 6.10. The van der Waals surface area contributed by atoms with Gasteiger partial charge in [-0.3, -0.25) is 14.4 Å². The standard InChI is InChI=1S/C20H19N7O3/c1-27-25-18(24-26-27)12-6-2-4-8-14(12)21-17(28)11-10-16-20(30)22-15-9-5-3-7-13(15)19(29)23-16/h2-9,16H,10-11H2,1H3,(H,21,28)(H,22,30)(H,23,29). The Hall–Kier alpha value is -4.08. The Morgan fingerprint density at radius 3 is 2.60 bits per heavy atom. The van der Waals surface area contributed by atoms with Crippen LogP contribution in [0.4, 0.5) is 11.4 Å². The zero-order chi connectivity index (χ0) is 21.1. The average molecular weight is 405 g/mol. The summed E-state index contributed by atoms with van der Waals surface area (Å²) in [7, 11) is 1.65. The number of anilines is 2. The van der Waals surface area contributed by atoms with Gasteiger partial charge in [0.25, 0.3) is 5.91 Å². The highest BCUT2D eigenvalue weighted by Crippen LogP contribution is 2.25. The molecule has 1 unspecified atom stereocenters. The highest BCUT2D eigenvalue weighted by Gasteiger charge is 2.28. The van der Waals surface area contributed by atoms with Crippen molar-refractivity contribution in [3.8, 4) is 11.4 Å². The van der Waals surface area contributed by atoms with Crippen molar-refractivity contribution in [3.05, 3.63) is 54.1 Å². The van der Waals surface area contributed by atoms with E-state index in [1.54, 1.807) is 49.5 Å². The van der Waals surface area contributed by atoms with Crippen LogP contribution in [0.1, 0.15) is 23.2 Å². The minimum absolute atomic E-state index is 0.0386. The number of carbonyl (C=O) groups is 3. The molecule has 10 heteroatoms. The van der Waals surface area contributed by atoms with Crippen molar-refractivity contribution in [1.29, 1.82) is 0 Å². The molecule has 0 bridgehead atoms. The summed E-state index contributed by atoms with van der Waals surface area (Å²) in [6, 6.07) is 13.1. The minimum atomic E-state index is -0.812. The van der Waals surface area contributed by atoms with Gasteiger partial charge in [0.1, 0.15) is 6.04 Å². The smallest absolute Gasteiger partial charge is 0.254 e. The molecule has 0 saturated heterocycles. The van der Waals surface area contributed by atoms with Gasteiger partial charge in [0.15, 0.2) is 0 Å². The molecule has 0 spiro atoms. The predicted molar refractivity (Wildman–Crippen MR) is 108 cm³/mol. The summed E-state index contributed by atoms with van der Waals surface area (Å²) in [5, 5.41) is 20.2. The Labute approximate surface area is 171 Å². The molecule has 3 aromatic rings. The van der Waals surface area contributed by atoms with Gasteiger partial charge in [-0.05, 0) is 35.9 Å². The Kier molecular flexibility index (Phi) is 5.21. The second-order valence-corrected chi connectivity index (χ2v) is 6.80. The lowest BCUT2D eigenvalue weighted by atomic mass is 10.1. The van der Waals surface area contributed by atoms with E-state index in [2.05, 4.69) is 31.4 Å². The first-order valence-corrected chi connectivity index (χ1v) is 9.35. The number of amides is 3. The number of rotatable bonds is 5. The molecule has 3 amide bonds. The summed E-state index contributed by atoms with van der Waals surface area (Å²) in [4.78, 5) is 38.7. The maximum Gasteiger partial charge on any atom is 0.254 e. The third-order valence-electron chi connectivity index (χ3n) is 4.66. The highest BCUT2D eigenvalue weighted by atomic mass is 16.2. The molecular formula is C20H19N7O3. The molecule has 2 aromatic carbocycles. The van der Waals surface area contributed by atoms with Gasteiger partial charge < -0.3 is 16.0 Å². The van der Waals surface area contributed by atoms with E-state index in [0.717, 1.165) is 0 Å². The number of hydrogen-bond donors (Lipinski definition) is 3. The first-order chi connectivity index (χ1) is 14.5. The van der Waals surface area contributed by atoms with Gasteiger partial charge in [0.05, 0.1) is 24.0 Å². The third kappa shape index (κ3) is 4.02. The van der Waals surface area contributed by atoms with Crippen molar-refractivity contribution in [1.82, 2.24) is 25.5 Å². The molecule has 10 nitrogen and oxygen atoms in total. The predicted octanol–water partition coefficient (Wildman–Crippen LogP) is 1.35. The molecular weight excluding hydrogens is 386 g/mol. The van der Waals surface area contributed by atoms with E-state index in [1.165, 1.54) is 4.80 Å². The van der Waals surface area contributed by atoms with Gasteiger partial charge in [-0.25, -0.2) is 0 Å². The van der Waals surface area contributed by atoms with Gasteiger partial charge >= 0.3 is 0 Å². The summed E-state index contributed by atoms with van der Waals surface area (Å²) < 4.78 is 0. The molecule has 0 aliphatic carbocycles. The number of tetrazole rings is 1. The minimum Gasteiger partial charge on any atom is -0.340 e. The monoisotopic (exact) mass is 405 g/mol. The molecule has 4 rings (SSSR count). The van der Waals surface area contributed by atoms with Crippen molar-refractivity contribution in [3.63, 3.8) is 0 Å². The largest absolute Gasteiger partial charge is 0.340 e. The Morgan fingerprint density at radius 2 is 1.83 bits per heavy atom. The van der Waals surface area contributed by atoms with Crippen molar-refractivity contribution < 1.29 is 14.4 Å². The number of fused-ring (bicyclic) bond motifs is 1. The van der Waals surface area contributed by atoms with E-state index < -0.39 is 6.04 Å². The molecule has 0 saturated carbocycles. The average Bonchev–Trinajstić information content (AvgIpc) is 3.12. The van der Waals surface area contributed by atoms with Gasteiger partial charge in [0, 0.05) is 12.0 Å². The topological polar surface area (TPSA) is 131 Å². The van der Waals surface area contributed by atoms with E-state index in [9.17, 15) is 14.4 Å². The SMILES string of the molecule is Cn1nnc(-c2ccccc2NC(=O)CCC2NC(=O)c3ccccc3NC2=O)n1. The lowest BCUT2D eigenvalue weighted by Gasteiger charge is -2.14. The first kappa shape index (κ1) is 19.2. The third-order valence-corrected chi connectivity index (χ3v) is 4.66. The molecule has 1 atom stereocenters. The molecule has 1 aromatic heterocycles. The van der Waals surface area contributed by atoms with Crippen LogP contribution in [-0.4, -0.2) is 44.0 Å². The number of para-hydroxylation sites is 2. The molecule has 152 valence electrons. The van der Waals surface area contributed by atoms with Crippen LogP contribution in [-0.2, 0) is 16.6 Å². The zero-order valence-electron chi connectivity index (χ0n) is 16.1. The zero-order valence-corrected chi connectivity index (χ0v) is 16.1. The van der Waals surface area contributed by atoms with Crippen LogP contribution in [0.3, 0.4) is 0 Å². The summed E-state index contributed by atoms with van der Waals surface area (Å²) in [5.74, 6) is -0.615. The van der Waals surface area contributed by atoms with Crippen molar-refractivity contribution in [2.45, 2.75) is 18.9 Å². The fourth-order valence-electron chi connectivity index (χ4n) is 3.18. The summed E-state index contributed by atoms with van der Waals surface area (Å²) in [6.45, 7) is 0. The molecule has 3 N–H and O–H groups in total. The van der Waals surface area contributed by atoms with Crippen LogP contribution in [0.25, 0.3) is 11.4 Å². The van der Waals surface area contributed by atoms with Crippen LogP contribution in [0.2, 0.25) is 0 Å². The Bertz CT molecular complexity index is 1120. The van der Waals surface area contributed by atoms with Crippen LogP contribution in [0, 0.1) is 0 Å². The lowest BCUT2D eigenvalue weighted by Crippen LogP contribution is -2.41. The van der Waals surface area contributed by atoms with E-state index in [1.807, 2.05) is 6.07 Å². The number of aryl methyl sites for hydroxylation is 1. The van der Waals surface area contributed by atoms with Crippen molar-refractivity contribution in [2.75, 3.05) is 10.6 Å². The molecule has 2 heterocycles. The summed E-state index contributed by atoms with van der Waals surface area (Å²) in [6.07, 6.45) is 0.194. The number of carbonyl (C=O) groups excluding carboxylic acids is 3. The van der Waals surface area contributed by atoms with E-state index in [-0.39, 0.29) is 30.6 Å². The number of nitrogens with zero attached hydrogens (tertiary/aromatic N) is 4. The second kappa shape index (κ2) is 8.11. The van der Waals surface area contributed by atoms with E-state index in [0.29, 0.717) is 28.3 Å². The van der Waals surface area contributed by atoms with Crippen molar-refractivity contribution in [2.24, 2.45) is 7.05 Å². The summed E-state index contributed by atoms with van der Waals surface area (Å²) >= 11 is 0. The molecule has 1 aliphatic heterocycles. The second-order valence-electron chi connectivity index (χ2n) is 6.80. The van der Waals surface area contributed by atoms with Gasteiger partial charge in [0.2, 0.25) is 17.6 Å². The van der Waals surface area contributed by atoms with Crippen LogP contribution < -0.4 is 16.0 Å². The first-order valence-electron chi connectivity index (χ1n) is 9.35. The van der Waals surface area contributed by atoms with Crippen LogP contribution in [0.5, 0.6) is 0 Å². The number of nitrogens with one attached hydrogen (secondary N) is 3. The molecule has 30 heavy (non-hydrogen) atoms. The maximum atomic E-state index is 12.5. The molecule has 1 aliphatic rings.